The number of hydrogen-bond acceptors (Lipinski definition) is 6. The fourth-order valence-corrected chi connectivity index (χ4v) is 4.70. The van der Waals surface area contributed by atoms with Gasteiger partial charge in [-0.1, -0.05) is 24.3 Å². The first-order valence-electron chi connectivity index (χ1n) is 10.4. The topological polar surface area (TPSA) is 71.1 Å². The maximum absolute atomic E-state index is 13.1. The molecular formula is C23H27N3O4S. The van der Waals surface area contributed by atoms with Gasteiger partial charge in [0.05, 0.1) is 0 Å². The summed E-state index contributed by atoms with van der Waals surface area (Å²) in [5.41, 5.74) is 1.17. The minimum Gasteiger partial charge on any atom is -0.454 e. The van der Waals surface area contributed by atoms with Crippen molar-refractivity contribution in [3.8, 4) is 11.5 Å². The second-order valence-corrected chi connectivity index (χ2v) is 8.76. The van der Waals surface area contributed by atoms with Crippen LogP contribution in [0.15, 0.2) is 53.4 Å². The summed E-state index contributed by atoms with van der Waals surface area (Å²) in [5, 5.41) is 2.83. The molecular weight excluding hydrogens is 414 g/mol. The number of fused-ring (bicyclic) bond motifs is 1. The molecule has 0 radical (unpaired) electrons. The van der Waals surface area contributed by atoms with Gasteiger partial charge in [-0.05, 0) is 29.8 Å². The Morgan fingerprint density at radius 2 is 1.77 bits per heavy atom. The predicted molar refractivity (Wildman–Crippen MR) is 119 cm³/mol. The second-order valence-electron chi connectivity index (χ2n) is 7.67. The van der Waals surface area contributed by atoms with E-state index in [2.05, 4.69) is 16.3 Å². The lowest BCUT2D eigenvalue weighted by Gasteiger charge is -2.36. The van der Waals surface area contributed by atoms with Crippen LogP contribution in [-0.4, -0.2) is 66.4 Å². The zero-order valence-corrected chi connectivity index (χ0v) is 18.4. The average Bonchev–Trinajstić information content (AvgIpc) is 3.25. The van der Waals surface area contributed by atoms with Gasteiger partial charge in [-0.15, -0.1) is 11.8 Å². The van der Waals surface area contributed by atoms with Crippen molar-refractivity contribution >= 4 is 23.6 Å². The van der Waals surface area contributed by atoms with Gasteiger partial charge < -0.3 is 19.7 Å². The highest BCUT2D eigenvalue weighted by Gasteiger charge is 2.28. The van der Waals surface area contributed by atoms with E-state index in [1.54, 1.807) is 11.8 Å². The zero-order chi connectivity index (χ0) is 21.6. The number of hydrogen-bond donors (Lipinski definition) is 1. The maximum Gasteiger partial charge on any atom is 0.246 e. The van der Waals surface area contributed by atoms with Crippen molar-refractivity contribution in [2.75, 3.05) is 38.7 Å². The van der Waals surface area contributed by atoms with Gasteiger partial charge in [-0.25, -0.2) is 0 Å². The second kappa shape index (κ2) is 10.1. The molecule has 4 rings (SSSR count). The molecule has 2 aromatic carbocycles. The molecule has 1 fully saturated rings. The Balaban J connectivity index is 1.30. The number of piperazine rings is 1. The molecule has 31 heavy (non-hydrogen) atoms. The largest absolute Gasteiger partial charge is 0.454 e. The van der Waals surface area contributed by atoms with Gasteiger partial charge >= 0.3 is 0 Å². The number of benzene rings is 2. The van der Waals surface area contributed by atoms with E-state index < -0.39 is 6.04 Å². The van der Waals surface area contributed by atoms with Crippen LogP contribution in [0.25, 0.3) is 0 Å². The van der Waals surface area contributed by atoms with Crippen molar-refractivity contribution in [3.63, 3.8) is 0 Å². The summed E-state index contributed by atoms with van der Waals surface area (Å²) in [6.07, 6.45) is 0. The molecule has 1 saturated heterocycles. The standard InChI is InChI=1S/C23H27N3O4S/c1-17(27)24-20(15-31-19-5-3-2-4-6-19)23(28)26-11-9-25(10-12-26)14-18-7-8-21-22(13-18)30-16-29-21/h2-8,13,20H,9-12,14-16H2,1H3,(H,24,27). The van der Waals surface area contributed by atoms with E-state index in [9.17, 15) is 9.59 Å². The lowest BCUT2D eigenvalue weighted by molar-refractivity contribution is -0.137. The van der Waals surface area contributed by atoms with Crippen molar-refractivity contribution in [2.45, 2.75) is 24.4 Å². The first-order chi connectivity index (χ1) is 15.1. The first kappa shape index (κ1) is 21.5. The summed E-state index contributed by atoms with van der Waals surface area (Å²) in [7, 11) is 0. The summed E-state index contributed by atoms with van der Waals surface area (Å²) in [6, 6.07) is 15.4. The van der Waals surface area contributed by atoms with Gasteiger partial charge in [-0.2, -0.15) is 0 Å². The smallest absolute Gasteiger partial charge is 0.246 e. The molecule has 1 unspecified atom stereocenters. The highest BCUT2D eigenvalue weighted by Crippen LogP contribution is 2.32. The molecule has 8 heteroatoms. The number of thioether (sulfide) groups is 1. The number of nitrogens with zero attached hydrogens (tertiary/aromatic N) is 2. The monoisotopic (exact) mass is 441 g/mol. The van der Waals surface area contributed by atoms with Crippen LogP contribution in [0.3, 0.4) is 0 Å². The number of rotatable bonds is 7. The van der Waals surface area contributed by atoms with E-state index >= 15 is 0 Å². The van der Waals surface area contributed by atoms with E-state index in [1.807, 2.05) is 47.4 Å². The Bertz CT molecular complexity index is 916. The molecule has 1 N–H and O–H groups in total. The van der Waals surface area contributed by atoms with Crippen molar-refractivity contribution in [3.05, 3.63) is 54.1 Å². The Morgan fingerprint density at radius 3 is 2.52 bits per heavy atom. The Labute approximate surface area is 186 Å². The summed E-state index contributed by atoms with van der Waals surface area (Å²) in [6.45, 7) is 5.41. The van der Waals surface area contributed by atoms with E-state index in [0.717, 1.165) is 36.0 Å². The van der Waals surface area contributed by atoms with Gasteiger partial charge in [0, 0.05) is 50.3 Å². The summed E-state index contributed by atoms with van der Waals surface area (Å²) in [4.78, 5) is 30.0. The Hall–Kier alpha value is -2.71. The molecule has 7 nitrogen and oxygen atoms in total. The minimum atomic E-state index is -0.525. The number of carbonyl (C=O) groups is 2. The van der Waals surface area contributed by atoms with Crippen molar-refractivity contribution in [2.24, 2.45) is 0 Å². The van der Waals surface area contributed by atoms with Gasteiger partial charge in [0.1, 0.15) is 6.04 Å². The van der Waals surface area contributed by atoms with Crippen LogP contribution in [0.1, 0.15) is 12.5 Å². The zero-order valence-electron chi connectivity index (χ0n) is 17.6. The number of ether oxygens (including phenoxy) is 2. The molecule has 164 valence electrons. The first-order valence-corrected chi connectivity index (χ1v) is 11.4. The number of nitrogens with one attached hydrogen (secondary N) is 1. The molecule has 0 bridgehead atoms. The molecule has 0 aromatic heterocycles. The Morgan fingerprint density at radius 1 is 1.03 bits per heavy atom. The van der Waals surface area contributed by atoms with E-state index in [1.165, 1.54) is 12.5 Å². The maximum atomic E-state index is 13.1. The highest BCUT2D eigenvalue weighted by molar-refractivity contribution is 7.99. The van der Waals surface area contributed by atoms with Gasteiger partial charge in [0.15, 0.2) is 11.5 Å². The summed E-state index contributed by atoms with van der Waals surface area (Å²) >= 11 is 1.58. The van der Waals surface area contributed by atoms with Gasteiger partial charge in [-0.3, -0.25) is 14.5 Å². The quantitative estimate of drug-likeness (QED) is 0.666. The average molecular weight is 442 g/mol. The van der Waals surface area contributed by atoms with E-state index in [-0.39, 0.29) is 18.6 Å². The molecule has 2 aromatic rings. The molecule has 0 spiro atoms. The molecule has 2 aliphatic heterocycles. The minimum absolute atomic E-state index is 0.0126. The van der Waals surface area contributed by atoms with Crippen LogP contribution in [0, 0.1) is 0 Å². The van der Waals surface area contributed by atoms with Gasteiger partial charge in [0.25, 0.3) is 0 Å². The Kier molecular flexibility index (Phi) is 6.99. The van der Waals surface area contributed by atoms with Crippen LogP contribution in [0.5, 0.6) is 11.5 Å². The SMILES string of the molecule is CC(=O)NC(CSc1ccccc1)C(=O)N1CCN(Cc2ccc3c(c2)OCO3)CC1. The molecule has 2 heterocycles. The third-order valence-electron chi connectivity index (χ3n) is 5.36. The lowest BCUT2D eigenvalue weighted by atomic mass is 10.1. The highest BCUT2D eigenvalue weighted by atomic mass is 32.2. The summed E-state index contributed by atoms with van der Waals surface area (Å²) < 4.78 is 10.8. The van der Waals surface area contributed by atoms with E-state index in [4.69, 9.17) is 9.47 Å². The third kappa shape index (κ3) is 5.71. The fraction of sp³-hybridized carbons (Fsp3) is 0.391. The molecule has 2 aliphatic rings. The fourth-order valence-electron chi connectivity index (χ4n) is 3.76. The van der Waals surface area contributed by atoms with Crippen molar-refractivity contribution < 1.29 is 19.1 Å². The number of carbonyl (C=O) groups excluding carboxylic acids is 2. The van der Waals surface area contributed by atoms with Crippen LogP contribution < -0.4 is 14.8 Å². The molecule has 1 atom stereocenters. The van der Waals surface area contributed by atoms with Gasteiger partial charge in [0.2, 0.25) is 18.6 Å². The van der Waals surface area contributed by atoms with Crippen LogP contribution in [0.2, 0.25) is 0 Å². The van der Waals surface area contributed by atoms with Crippen LogP contribution in [-0.2, 0) is 16.1 Å². The van der Waals surface area contributed by atoms with Crippen LogP contribution >= 0.6 is 11.8 Å². The van der Waals surface area contributed by atoms with Crippen molar-refractivity contribution in [1.29, 1.82) is 0 Å². The number of amides is 2. The lowest BCUT2D eigenvalue weighted by Crippen LogP contribution is -2.55. The molecule has 0 saturated carbocycles. The third-order valence-corrected chi connectivity index (χ3v) is 6.47. The molecule has 2 amide bonds. The van der Waals surface area contributed by atoms with Crippen LogP contribution in [0.4, 0.5) is 0 Å². The summed E-state index contributed by atoms with van der Waals surface area (Å²) in [5.74, 6) is 1.89. The molecule has 0 aliphatic carbocycles. The predicted octanol–water partition coefficient (Wildman–Crippen LogP) is 2.36. The van der Waals surface area contributed by atoms with Crippen molar-refractivity contribution in [1.82, 2.24) is 15.1 Å². The normalized spacial score (nSPS) is 16.7. The van der Waals surface area contributed by atoms with E-state index in [0.29, 0.717) is 18.8 Å².